The van der Waals surface area contributed by atoms with Crippen LogP contribution in [0.25, 0.3) is 5.70 Å². The van der Waals surface area contributed by atoms with Crippen LogP contribution in [-0.4, -0.2) is 19.8 Å². The van der Waals surface area contributed by atoms with E-state index < -0.39 is 15.7 Å². The molecule has 0 spiro atoms. The molecule has 1 heterocycles. The van der Waals surface area contributed by atoms with Crippen LogP contribution in [0.5, 0.6) is 0 Å². The second kappa shape index (κ2) is 6.07. The maximum Gasteiger partial charge on any atom is 0.243 e. The van der Waals surface area contributed by atoms with Crippen LogP contribution in [0.4, 0.5) is 0 Å². The lowest BCUT2D eigenvalue weighted by molar-refractivity contribution is 0.179. The molecule has 1 unspecified atom stereocenters. The maximum absolute atomic E-state index is 13.1. The van der Waals surface area contributed by atoms with Gasteiger partial charge >= 0.3 is 0 Å². The van der Waals surface area contributed by atoms with Crippen LogP contribution < -0.4 is 5.32 Å². The predicted molar refractivity (Wildman–Crippen MR) is 97.3 cm³/mol. The van der Waals surface area contributed by atoms with Crippen molar-refractivity contribution in [2.24, 2.45) is 0 Å². The molecular formula is C19H22N2O2S. The van der Waals surface area contributed by atoms with Crippen molar-refractivity contribution in [2.45, 2.75) is 25.9 Å². The van der Waals surface area contributed by atoms with E-state index in [2.05, 4.69) is 5.32 Å². The van der Waals surface area contributed by atoms with E-state index in [1.54, 1.807) is 14.0 Å². The summed E-state index contributed by atoms with van der Waals surface area (Å²) < 4.78 is 27.6. The van der Waals surface area contributed by atoms with Gasteiger partial charge in [0.2, 0.25) is 10.0 Å². The third-order valence-electron chi connectivity index (χ3n) is 4.79. The smallest absolute Gasteiger partial charge is 0.243 e. The first-order valence-electron chi connectivity index (χ1n) is 8.02. The third kappa shape index (κ3) is 2.44. The van der Waals surface area contributed by atoms with Crippen molar-refractivity contribution in [3.05, 3.63) is 76.7 Å². The van der Waals surface area contributed by atoms with E-state index in [9.17, 15) is 8.42 Å². The van der Waals surface area contributed by atoms with Crippen LogP contribution in [0.2, 0.25) is 0 Å². The Morgan fingerprint density at radius 3 is 2.08 bits per heavy atom. The van der Waals surface area contributed by atoms with E-state index in [0.29, 0.717) is 17.0 Å². The van der Waals surface area contributed by atoms with Crippen LogP contribution in [0, 0.1) is 0 Å². The Hall–Kier alpha value is -2.11. The summed E-state index contributed by atoms with van der Waals surface area (Å²) in [6.45, 7) is 3.65. The van der Waals surface area contributed by atoms with Crippen LogP contribution in [-0.2, 0) is 15.7 Å². The molecule has 0 bridgehead atoms. The fraction of sp³-hybridized carbons (Fsp3) is 0.263. The maximum atomic E-state index is 13.1. The fourth-order valence-corrected chi connectivity index (χ4v) is 4.80. The van der Waals surface area contributed by atoms with Crippen molar-refractivity contribution in [1.82, 2.24) is 9.62 Å². The molecule has 1 N–H and O–H groups in total. The molecule has 2 aromatic carbocycles. The minimum Gasteiger partial charge on any atom is -0.361 e. The van der Waals surface area contributed by atoms with Gasteiger partial charge in [-0.2, -0.15) is 4.31 Å². The van der Waals surface area contributed by atoms with Crippen molar-refractivity contribution in [1.29, 1.82) is 0 Å². The number of hydrogen-bond donors (Lipinski definition) is 1. The summed E-state index contributed by atoms with van der Waals surface area (Å²) >= 11 is 0. The molecule has 0 radical (unpaired) electrons. The topological polar surface area (TPSA) is 49.4 Å². The Morgan fingerprint density at radius 1 is 1.00 bits per heavy atom. The van der Waals surface area contributed by atoms with Gasteiger partial charge in [0.05, 0.1) is 10.6 Å². The Labute approximate surface area is 143 Å². The lowest BCUT2D eigenvalue weighted by Crippen LogP contribution is -2.58. The summed E-state index contributed by atoms with van der Waals surface area (Å²) in [6, 6.07) is 19.3. The Kier molecular flexibility index (Phi) is 4.24. The molecular weight excluding hydrogens is 320 g/mol. The first kappa shape index (κ1) is 16.7. The van der Waals surface area contributed by atoms with Gasteiger partial charge < -0.3 is 5.32 Å². The predicted octanol–water partition coefficient (Wildman–Crippen LogP) is 3.50. The largest absolute Gasteiger partial charge is 0.361 e. The molecule has 126 valence electrons. The van der Waals surface area contributed by atoms with Gasteiger partial charge in [-0.1, -0.05) is 67.6 Å². The summed E-state index contributed by atoms with van der Waals surface area (Å²) in [7, 11) is -1.91. The van der Waals surface area contributed by atoms with Crippen LogP contribution in [0.1, 0.15) is 31.4 Å². The molecule has 0 fully saturated rings. The standard InChI is InChI=1S/C19H22N2O2S/c1-4-19(17-13-9-6-10-14-17)20-18(16-11-7-5-8-12-16)15(2)24(22,23)21(19)3/h5-14,20H,4H2,1-3H3. The first-order chi connectivity index (χ1) is 11.4. The van der Waals surface area contributed by atoms with E-state index in [-0.39, 0.29) is 0 Å². The molecule has 3 rings (SSSR count). The molecule has 5 heteroatoms. The minimum atomic E-state index is -3.55. The normalized spacial score (nSPS) is 23.8. The van der Waals surface area contributed by atoms with Gasteiger partial charge in [0.15, 0.2) is 0 Å². The van der Waals surface area contributed by atoms with E-state index >= 15 is 0 Å². The number of allylic oxidation sites excluding steroid dienone is 1. The highest BCUT2D eigenvalue weighted by Crippen LogP contribution is 2.40. The fourth-order valence-electron chi connectivity index (χ4n) is 3.28. The average molecular weight is 342 g/mol. The van der Waals surface area contributed by atoms with Crippen molar-refractivity contribution in [3.63, 3.8) is 0 Å². The van der Waals surface area contributed by atoms with Crippen molar-refractivity contribution < 1.29 is 8.42 Å². The Bertz CT molecular complexity index is 861. The van der Waals surface area contributed by atoms with Gasteiger partial charge in [-0.05, 0) is 24.5 Å². The average Bonchev–Trinajstić information content (AvgIpc) is 2.62. The lowest BCUT2D eigenvalue weighted by Gasteiger charge is -2.46. The second-order valence-corrected chi connectivity index (χ2v) is 8.08. The van der Waals surface area contributed by atoms with Gasteiger partial charge in [-0.3, -0.25) is 0 Å². The van der Waals surface area contributed by atoms with Gasteiger partial charge in [-0.25, -0.2) is 8.42 Å². The zero-order chi connectivity index (χ0) is 17.4. The van der Waals surface area contributed by atoms with Crippen LogP contribution >= 0.6 is 0 Å². The number of hydrogen-bond acceptors (Lipinski definition) is 3. The molecule has 1 atom stereocenters. The van der Waals surface area contributed by atoms with Gasteiger partial charge in [-0.15, -0.1) is 0 Å². The lowest BCUT2D eigenvalue weighted by atomic mass is 9.95. The zero-order valence-corrected chi connectivity index (χ0v) is 15.0. The van der Waals surface area contributed by atoms with Gasteiger partial charge in [0.1, 0.15) is 5.66 Å². The summed E-state index contributed by atoms with van der Waals surface area (Å²) in [5.74, 6) is 0. The summed E-state index contributed by atoms with van der Waals surface area (Å²) in [5, 5.41) is 3.53. The van der Waals surface area contributed by atoms with E-state index in [4.69, 9.17) is 0 Å². The summed E-state index contributed by atoms with van der Waals surface area (Å²) in [5.41, 5.74) is 1.67. The monoisotopic (exact) mass is 342 g/mol. The highest BCUT2D eigenvalue weighted by molar-refractivity contribution is 7.93. The Morgan fingerprint density at radius 2 is 1.54 bits per heavy atom. The highest BCUT2D eigenvalue weighted by Gasteiger charge is 2.47. The quantitative estimate of drug-likeness (QED) is 0.929. The molecule has 0 saturated heterocycles. The molecule has 0 aliphatic carbocycles. The highest BCUT2D eigenvalue weighted by atomic mass is 32.2. The number of sulfonamides is 1. The van der Waals surface area contributed by atoms with Crippen molar-refractivity contribution >= 4 is 15.7 Å². The SMILES string of the molecule is CCC1(c2ccccc2)NC(c2ccccc2)=C(C)S(=O)(=O)N1C. The molecule has 1 aliphatic rings. The molecule has 4 nitrogen and oxygen atoms in total. The number of rotatable bonds is 3. The third-order valence-corrected chi connectivity index (χ3v) is 6.81. The zero-order valence-electron chi connectivity index (χ0n) is 14.2. The molecule has 24 heavy (non-hydrogen) atoms. The van der Waals surface area contributed by atoms with E-state index in [0.717, 1.165) is 11.1 Å². The molecule has 0 amide bonds. The molecule has 0 aromatic heterocycles. The van der Waals surface area contributed by atoms with E-state index in [1.807, 2.05) is 67.6 Å². The second-order valence-electron chi connectivity index (χ2n) is 5.97. The number of nitrogens with zero attached hydrogens (tertiary/aromatic N) is 1. The molecule has 2 aromatic rings. The van der Waals surface area contributed by atoms with E-state index in [1.165, 1.54) is 4.31 Å². The van der Waals surface area contributed by atoms with Gasteiger partial charge in [0.25, 0.3) is 0 Å². The van der Waals surface area contributed by atoms with Crippen molar-refractivity contribution in [3.8, 4) is 0 Å². The molecule has 0 saturated carbocycles. The first-order valence-corrected chi connectivity index (χ1v) is 9.46. The number of nitrogens with one attached hydrogen (secondary N) is 1. The minimum absolute atomic E-state index is 0.344. The van der Waals surface area contributed by atoms with Crippen LogP contribution in [0.3, 0.4) is 0 Å². The summed E-state index contributed by atoms with van der Waals surface area (Å²) in [4.78, 5) is 0.344. The van der Waals surface area contributed by atoms with Crippen molar-refractivity contribution in [2.75, 3.05) is 7.05 Å². The summed E-state index contributed by atoms with van der Waals surface area (Å²) in [6.07, 6.45) is 0.607. The van der Waals surface area contributed by atoms with Gasteiger partial charge in [0, 0.05) is 7.05 Å². The van der Waals surface area contributed by atoms with Crippen LogP contribution in [0.15, 0.2) is 65.6 Å². The molecule has 1 aliphatic heterocycles. The number of benzene rings is 2. The Balaban J connectivity index is 2.25.